The molecule has 0 aliphatic carbocycles. The molecule has 0 aromatic heterocycles. The van der Waals surface area contributed by atoms with E-state index in [2.05, 4.69) is 21.3 Å². The van der Waals surface area contributed by atoms with Gasteiger partial charge in [0, 0.05) is 32.1 Å². The van der Waals surface area contributed by atoms with Gasteiger partial charge in [-0.1, -0.05) is 33.8 Å². The first kappa shape index (κ1) is 57.8. The summed E-state index contributed by atoms with van der Waals surface area (Å²) >= 11 is 0. The number of rotatable bonds is 32. The van der Waals surface area contributed by atoms with Crippen molar-refractivity contribution in [2.24, 2.45) is 11.8 Å². The van der Waals surface area contributed by atoms with Crippen LogP contribution in [0.25, 0.3) is 0 Å². The van der Waals surface area contributed by atoms with E-state index in [9.17, 15) is 63.9 Å². The van der Waals surface area contributed by atoms with Gasteiger partial charge in [0.25, 0.3) is 0 Å². The van der Waals surface area contributed by atoms with Crippen LogP contribution in [0.2, 0.25) is 0 Å². The molecule has 8 atom stereocenters. The number of benzene rings is 1. The molecule has 378 valence electrons. The number of anilines is 1. The minimum absolute atomic E-state index is 0.0284. The molecule has 2 rings (SSSR count). The molecule has 4 amide bonds. The Kier molecular flexibility index (Phi) is 26.0. The summed E-state index contributed by atoms with van der Waals surface area (Å²) < 4.78 is 37.5. The predicted molar refractivity (Wildman–Crippen MR) is 231 cm³/mol. The van der Waals surface area contributed by atoms with Crippen LogP contribution < -0.4 is 26.0 Å². The van der Waals surface area contributed by atoms with Crippen molar-refractivity contribution in [1.82, 2.24) is 16.0 Å². The number of carbonyl (C=O) groups excluding carboxylic acids is 6. The lowest BCUT2D eigenvalue weighted by molar-refractivity contribution is -0.271. The maximum Gasteiger partial charge on any atom is 0.335 e. The highest BCUT2D eigenvalue weighted by Gasteiger charge is 2.48. The minimum Gasteiger partial charge on any atom is -0.481 e. The van der Waals surface area contributed by atoms with E-state index in [0.717, 1.165) is 6.92 Å². The van der Waals surface area contributed by atoms with Gasteiger partial charge in [-0.05, 0) is 37.0 Å². The molecule has 0 bridgehead atoms. The molecular formula is C43H66N4O20. The first-order chi connectivity index (χ1) is 31.6. The molecule has 9 N–H and O–H groups in total. The van der Waals surface area contributed by atoms with Crippen LogP contribution in [0.3, 0.4) is 0 Å². The van der Waals surface area contributed by atoms with Crippen LogP contribution in [-0.4, -0.2) is 175 Å². The SMILES string of the molecule is CC(=O)OCc1ccc(NC(=O)[C@H](C)NC(=O)[C@@H](NC(=O)[C@H](CCC(=O)O)NC(=O)CCOCCOCCOCCOCCC(=O)C(C)C)C(C)C)c(O[C@@H]2O[C@H](C(=O)O)[C@@H](O)[C@H](O)[C@H]2O)c1. The first-order valence-electron chi connectivity index (χ1n) is 21.7. The van der Waals surface area contributed by atoms with Gasteiger partial charge < -0.3 is 80.0 Å². The minimum atomic E-state index is -2.02. The largest absolute Gasteiger partial charge is 0.481 e. The summed E-state index contributed by atoms with van der Waals surface area (Å²) in [5.41, 5.74) is 0.192. The number of hydrogen-bond acceptors (Lipinski definition) is 18. The number of aliphatic hydroxyl groups is 3. The fourth-order valence-corrected chi connectivity index (χ4v) is 5.91. The van der Waals surface area contributed by atoms with Crippen molar-refractivity contribution in [1.29, 1.82) is 0 Å². The van der Waals surface area contributed by atoms with Crippen molar-refractivity contribution in [3.05, 3.63) is 23.8 Å². The Hall–Kier alpha value is -5.34. The lowest BCUT2D eigenvalue weighted by Gasteiger charge is -2.38. The number of carbonyl (C=O) groups is 8. The van der Waals surface area contributed by atoms with E-state index < -0.39 is 103 Å². The van der Waals surface area contributed by atoms with Gasteiger partial charge in [-0.15, -0.1) is 0 Å². The van der Waals surface area contributed by atoms with Crippen molar-refractivity contribution in [3.8, 4) is 5.75 Å². The average Bonchev–Trinajstić information content (AvgIpc) is 3.26. The van der Waals surface area contributed by atoms with Gasteiger partial charge in [-0.2, -0.15) is 0 Å². The van der Waals surface area contributed by atoms with Crippen LogP contribution in [0.5, 0.6) is 5.75 Å². The van der Waals surface area contributed by atoms with Crippen LogP contribution in [0.1, 0.15) is 72.8 Å². The van der Waals surface area contributed by atoms with Crippen LogP contribution in [0.15, 0.2) is 18.2 Å². The molecular weight excluding hydrogens is 892 g/mol. The van der Waals surface area contributed by atoms with Crippen molar-refractivity contribution >= 4 is 53.0 Å². The number of carboxylic acid groups (broad SMARTS) is 2. The standard InChI is InChI=1S/C43H66N4O20/c1-23(2)30(49)11-13-61-15-17-63-19-20-64-18-16-62-14-12-32(50)45-29(9-10-33(51)52)40(57)47-34(24(3)4)41(58)44-25(5)39(56)46-28-8-7-27(22-65-26(6)48)21-31(28)66-43-37(55)35(53)36(54)38(67-43)42(59)60/h7-8,21,23-25,29,34-38,43,53-55H,9-20,22H2,1-6H3,(H,44,58)(H,45,50)(H,46,56)(H,47,57)(H,51,52)(H,59,60)/t25-,29-,34-,35-,36-,37+,38-,43+/m0/s1. The summed E-state index contributed by atoms with van der Waals surface area (Å²) in [7, 11) is 0. The van der Waals surface area contributed by atoms with E-state index in [0.29, 0.717) is 38.4 Å². The Morgan fingerprint density at radius 3 is 1.81 bits per heavy atom. The second-order valence-corrected chi connectivity index (χ2v) is 16.0. The number of carboxylic acids is 2. The van der Waals surface area contributed by atoms with Crippen molar-refractivity contribution in [2.45, 2.75) is 123 Å². The maximum atomic E-state index is 13.5. The van der Waals surface area contributed by atoms with Crippen molar-refractivity contribution in [3.63, 3.8) is 0 Å². The van der Waals surface area contributed by atoms with E-state index >= 15 is 0 Å². The van der Waals surface area contributed by atoms with Gasteiger partial charge in [0.05, 0.1) is 58.5 Å². The lowest BCUT2D eigenvalue weighted by atomic mass is 9.99. The van der Waals surface area contributed by atoms with Gasteiger partial charge in [-0.25, -0.2) is 4.79 Å². The number of ketones is 1. The molecule has 1 aliphatic heterocycles. The molecule has 1 saturated heterocycles. The van der Waals surface area contributed by atoms with Gasteiger partial charge in [-0.3, -0.25) is 33.6 Å². The summed E-state index contributed by atoms with van der Waals surface area (Å²) in [4.78, 5) is 99.3. The molecule has 67 heavy (non-hydrogen) atoms. The molecule has 1 heterocycles. The zero-order valence-electron chi connectivity index (χ0n) is 38.6. The van der Waals surface area contributed by atoms with E-state index in [1.54, 1.807) is 13.8 Å². The molecule has 1 aliphatic rings. The van der Waals surface area contributed by atoms with Crippen LogP contribution in [0, 0.1) is 11.8 Å². The number of aliphatic hydroxyl groups excluding tert-OH is 3. The smallest absolute Gasteiger partial charge is 0.335 e. The lowest BCUT2D eigenvalue weighted by Crippen LogP contribution is -2.61. The summed E-state index contributed by atoms with van der Waals surface area (Å²) in [5, 5.41) is 59.6. The average molecular weight is 959 g/mol. The highest BCUT2D eigenvalue weighted by molar-refractivity contribution is 5.99. The molecule has 0 spiro atoms. The molecule has 24 heteroatoms. The Morgan fingerprint density at radius 2 is 1.27 bits per heavy atom. The molecule has 0 radical (unpaired) electrons. The first-order valence-corrected chi connectivity index (χ1v) is 21.7. The number of nitrogens with one attached hydrogen (secondary N) is 4. The van der Waals surface area contributed by atoms with E-state index in [1.807, 2.05) is 13.8 Å². The van der Waals surface area contributed by atoms with Crippen LogP contribution in [-0.2, 0) is 73.4 Å². The molecule has 1 aromatic carbocycles. The van der Waals surface area contributed by atoms with E-state index in [-0.39, 0.29) is 69.0 Å². The summed E-state index contributed by atoms with van der Waals surface area (Å²) in [6.07, 6.45) is -10.5. The zero-order valence-corrected chi connectivity index (χ0v) is 38.6. The third-order valence-electron chi connectivity index (χ3n) is 9.83. The van der Waals surface area contributed by atoms with Gasteiger partial charge in [0.2, 0.25) is 29.9 Å². The maximum absolute atomic E-state index is 13.5. The van der Waals surface area contributed by atoms with Gasteiger partial charge >= 0.3 is 17.9 Å². The fourth-order valence-electron chi connectivity index (χ4n) is 5.91. The van der Waals surface area contributed by atoms with Crippen molar-refractivity contribution in [2.75, 3.05) is 58.2 Å². The predicted octanol–water partition coefficient (Wildman–Crippen LogP) is -0.974. The third kappa shape index (κ3) is 21.4. The normalized spacial score (nSPS) is 19.4. The Balaban J connectivity index is 1.96. The van der Waals surface area contributed by atoms with Gasteiger partial charge in [0.15, 0.2) is 6.10 Å². The topological polar surface area (TPSA) is 350 Å². The number of Topliss-reactive ketones (excluding diaryl/α,β-unsaturated/α-hetero) is 1. The molecule has 1 fully saturated rings. The number of aliphatic carboxylic acids is 2. The summed E-state index contributed by atoms with van der Waals surface area (Å²) in [6, 6.07) is 0.0417. The number of amides is 4. The fraction of sp³-hybridized carbons (Fsp3) is 0.674. The number of hydrogen-bond donors (Lipinski definition) is 9. The third-order valence-corrected chi connectivity index (χ3v) is 9.83. The molecule has 0 saturated carbocycles. The molecule has 0 unspecified atom stereocenters. The number of esters is 1. The summed E-state index contributed by atoms with van der Waals surface area (Å²) in [6.45, 7) is 11.0. The highest BCUT2D eigenvalue weighted by atomic mass is 16.7. The monoisotopic (exact) mass is 958 g/mol. The van der Waals surface area contributed by atoms with Crippen LogP contribution in [0.4, 0.5) is 5.69 Å². The quantitative estimate of drug-likeness (QED) is 0.0310. The van der Waals surface area contributed by atoms with Crippen LogP contribution >= 0.6 is 0 Å². The van der Waals surface area contributed by atoms with Crippen molar-refractivity contribution < 1.29 is 97.0 Å². The second-order valence-electron chi connectivity index (χ2n) is 16.0. The summed E-state index contributed by atoms with van der Waals surface area (Å²) in [5.74, 6) is -7.44. The zero-order chi connectivity index (χ0) is 50.2. The second kappa shape index (κ2) is 30.1. The number of ether oxygens (including phenoxy) is 7. The Bertz CT molecular complexity index is 1800. The Morgan fingerprint density at radius 1 is 0.687 bits per heavy atom. The molecule has 1 aromatic rings. The highest BCUT2D eigenvalue weighted by Crippen LogP contribution is 2.31. The van der Waals surface area contributed by atoms with Gasteiger partial charge in [0.1, 0.15) is 54.6 Å². The van der Waals surface area contributed by atoms with E-state index in [1.165, 1.54) is 25.1 Å². The molecule has 24 nitrogen and oxygen atoms in total. The van der Waals surface area contributed by atoms with E-state index in [4.69, 9.17) is 33.2 Å². The Labute approximate surface area is 387 Å².